The molecule has 0 saturated carbocycles. The molecule has 0 spiro atoms. The number of aliphatic hydroxyl groups is 1. The quantitative estimate of drug-likeness (QED) is 0.674. The molecule has 1 N–H and O–H groups in total. The van der Waals surface area contributed by atoms with Gasteiger partial charge in [0.1, 0.15) is 18.0 Å². The summed E-state index contributed by atoms with van der Waals surface area (Å²) in [7, 11) is 2.01. The van der Waals surface area contributed by atoms with Crippen molar-refractivity contribution >= 4 is 5.91 Å². The van der Waals surface area contributed by atoms with Crippen LogP contribution >= 0.6 is 0 Å². The highest BCUT2D eigenvalue weighted by molar-refractivity contribution is 5.97. The summed E-state index contributed by atoms with van der Waals surface area (Å²) in [6.07, 6.45) is 6.55. The molecule has 33 heavy (non-hydrogen) atoms. The van der Waals surface area contributed by atoms with E-state index in [2.05, 4.69) is 38.6 Å². The normalized spacial score (nSPS) is 19.3. The van der Waals surface area contributed by atoms with E-state index in [1.807, 2.05) is 27.8 Å². The van der Waals surface area contributed by atoms with E-state index in [0.29, 0.717) is 36.6 Å². The SMILES string of the molecule is CC(C)C#Cc1cnc2c(c1)C(=O)N([C@H](C)CO)C[C@@H](C)[C@@H](CN(C)Cc1cncnc1)O2. The maximum Gasteiger partial charge on any atom is 0.259 e. The number of nitrogens with zero attached hydrogens (tertiary/aromatic N) is 5. The number of rotatable bonds is 6. The Labute approximate surface area is 196 Å². The van der Waals surface area contributed by atoms with Crippen molar-refractivity contribution in [2.24, 2.45) is 11.8 Å². The maximum atomic E-state index is 13.4. The second kappa shape index (κ2) is 11.2. The molecular formula is C25H33N5O3. The van der Waals surface area contributed by atoms with E-state index >= 15 is 0 Å². The molecule has 0 aromatic carbocycles. The minimum atomic E-state index is -0.323. The number of carbonyl (C=O) groups is 1. The first-order valence-electron chi connectivity index (χ1n) is 11.3. The Morgan fingerprint density at radius 2 is 2.00 bits per heavy atom. The third kappa shape index (κ3) is 6.50. The minimum Gasteiger partial charge on any atom is -0.472 e. The number of likely N-dealkylation sites (N-methyl/N-ethyl adjacent to an activating group) is 1. The number of hydrogen-bond acceptors (Lipinski definition) is 7. The Kier molecular flexibility index (Phi) is 8.37. The number of ether oxygens (including phenoxy) is 1. The standard InChI is InChI=1S/C25H33N5O3/c1-17(2)6-7-20-8-22-24(28-11-20)33-23(14-29(5)13-21-9-26-16-27-10-21)18(3)12-30(25(22)32)19(4)15-31/h8-11,16-19,23,31H,12-15H2,1-5H3/t18-,19-,23-/m1/s1. The predicted molar refractivity (Wildman–Crippen MR) is 125 cm³/mol. The van der Waals surface area contributed by atoms with E-state index in [9.17, 15) is 9.90 Å². The van der Waals surface area contributed by atoms with E-state index in [1.165, 1.54) is 6.33 Å². The van der Waals surface area contributed by atoms with Crippen molar-refractivity contribution < 1.29 is 14.6 Å². The lowest BCUT2D eigenvalue weighted by molar-refractivity contribution is 0.0325. The molecule has 3 rings (SSSR count). The molecule has 8 heteroatoms. The molecule has 3 heterocycles. The van der Waals surface area contributed by atoms with Gasteiger partial charge in [-0.3, -0.25) is 9.69 Å². The first-order valence-corrected chi connectivity index (χ1v) is 11.3. The Morgan fingerprint density at radius 3 is 2.67 bits per heavy atom. The third-order valence-corrected chi connectivity index (χ3v) is 5.58. The third-order valence-electron chi connectivity index (χ3n) is 5.58. The van der Waals surface area contributed by atoms with Gasteiger partial charge in [0, 0.05) is 61.2 Å². The number of carbonyl (C=O) groups excluding carboxylic acids is 1. The molecule has 3 atom stereocenters. The largest absolute Gasteiger partial charge is 0.472 e. The van der Waals surface area contributed by atoms with Gasteiger partial charge in [0.05, 0.1) is 12.6 Å². The Balaban J connectivity index is 1.91. The van der Waals surface area contributed by atoms with Gasteiger partial charge in [-0.15, -0.1) is 0 Å². The van der Waals surface area contributed by atoms with Crippen molar-refractivity contribution in [3.8, 4) is 17.7 Å². The first kappa shape index (κ1) is 24.6. The Morgan fingerprint density at radius 1 is 1.27 bits per heavy atom. The van der Waals surface area contributed by atoms with Gasteiger partial charge >= 0.3 is 0 Å². The van der Waals surface area contributed by atoms with Crippen molar-refractivity contribution in [1.29, 1.82) is 0 Å². The first-order chi connectivity index (χ1) is 15.8. The van der Waals surface area contributed by atoms with Crippen LogP contribution in [0.3, 0.4) is 0 Å². The van der Waals surface area contributed by atoms with E-state index in [4.69, 9.17) is 4.74 Å². The van der Waals surface area contributed by atoms with Crippen molar-refractivity contribution in [1.82, 2.24) is 24.8 Å². The monoisotopic (exact) mass is 451 g/mol. The lowest BCUT2D eigenvalue weighted by Crippen LogP contribution is -2.49. The van der Waals surface area contributed by atoms with Crippen molar-refractivity contribution in [2.75, 3.05) is 26.7 Å². The van der Waals surface area contributed by atoms with Gasteiger partial charge in [-0.05, 0) is 20.0 Å². The zero-order valence-corrected chi connectivity index (χ0v) is 20.0. The fourth-order valence-electron chi connectivity index (χ4n) is 3.71. The smallest absolute Gasteiger partial charge is 0.259 e. The second-order valence-corrected chi connectivity index (χ2v) is 9.07. The summed E-state index contributed by atoms with van der Waals surface area (Å²) in [5.41, 5.74) is 2.06. The molecule has 0 saturated heterocycles. The fraction of sp³-hybridized carbons (Fsp3) is 0.520. The number of fused-ring (bicyclic) bond motifs is 1. The van der Waals surface area contributed by atoms with Crippen LogP contribution in [0.1, 0.15) is 49.2 Å². The summed E-state index contributed by atoms with van der Waals surface area (Å²) in [5.74, 6) is 6.52. The molecule has 2 aromatic heterocycles. The van der Waals surface area contributed by atoms with Crippen LogP contribution in [0.15, 0.2) is 31.0 Å². The molecule has 1 aliphatic rings. The molecule has 176 valence electrons. The molecule has 0 bridgehead atoms. The lowest BCUT2D eigenvalue weighted by Gasteiger charge is -2.37. The van der Waals surface area contributed by atoms with Crippen LogP contribution in [-0.2, 0) is 6.54 Å². The maximum absolute atomic E-state index is 13.4. The number of pyridine rings is 1. The summed E-state index contributed by atoms with van der Waals surface area (Å²) >= 11 is 0. The molecule has 2 aromatic rings. The Hall–Kier alpha value is -3.02. The average Bonchev–Trinajstić information content (AvgIpc) is 2.80. The summed E-state index contributed by atoms with van der Waals surface area (Å²) in [6.45, 7) is 9.58. The van der Waals surface area contributed by atoms with Crippen molar-refractivity contribution in [2.45, 2.75) is 46.4 Å². The van der Waals surface area contributed by atoms with Gasteiger partial charge in [0.25, 0.3) is 5.91 Å². The van der Waals surface area contributed by atoms with Crippen LogP contribution < -0.4 is 4.74 Å². The van der Waals surface area contributed by atoms with Gasteiger partial charge in [-0.1, -0.05) is 32.6 Å². The van der Waals surface area contributed by atoms with Gasteiger partial charge in [-0.2, -0.15) is 0 Å². The number of amides is 1. The highest BCUT2D eigenvalue weighted by Gasteiger charge is 2.34. The minimum absolute atomic E-state index is 0.0211. The zero-order chi connectivity index (χ0) is 24.0. The molecule has 1 amide bonds. The summed E-state index contributed by atoms with van der Waals surface area (Å²) in [6, 6.07) is 1.42. The lowest BCUT2D eigenvalue weighted by atomic mass is 9.99. The molecule has 0 fully saturated rings. The summed E-state index contributed by atoms with van der Waals surface area (Å²) in [5, 5.41) is 9.79. The number of aliphatic hydroxyl groups excluding tert-OH is 1. The van der Waals surface area contributed by atoms with Crippen molar-refractivity contribution in [3.05, 3.63) is 47.7 Å². The van der Waals surface area contributed by atoms with E-state index in [1.54, 1.807) is 29.6 Å². The topological polar surface area (TPSA) is 91.7 Å². The van der Waals surface area contributed by atoms with Crippen LogP contribution in [0.2, 0.25) is 0 Å². The molecule has 8 nitrogen and oxygen atoms in total. The van der Waals surface area contributed by atoms with Crippen molar-refractivity contribution in [3.63, 3.8) is 0 Å². The Bertz CT molecular complexity index is 1000. The van der Waals surface area contributed by atoms with E-state index in [0.717, 1.165) is 5.56 Å². The second-order valence-electron chi connectivity index (χ2n) is 9.07. The average molecular weight is 452 g/mol. The van der Waals surface area contributed by atoms with Gasteiger partial charge in [-0.25, -0.2) is 15.0 Å². The highest BCUT2D eigenvalue weighted by Crippen LogP contribution is 2.27. The van der Waals surface area contributed by atoms with Crippen LogP contribution in [0, 0.1) is 23.7 Å². The predicted octanol–water partition coefficient (Wildman–Crippen LogP) is 2.23. The summed E-state index contributed by atoms with van der Waals surface area (Å²) in [4.78, 5) is 29.9. The summed E-state index contributed by atoms with van der Waals surface area (Å²) < 4.78 is 6.33. The van der Waals surface area contributed by atoms with Crippen LogP contribution in [-0.4, -0.2) is 74.7 Å². The van der Waals surface area contributed by atoms with Gasteiger partial charge < -0.3 is 14.7 Å². The zero-order valence-electron chi connectivity index (χ0n) is 20.0. The molecular weight excluding hydrogens is 418 g/mol. The number of hydrogen-bond donors (Lipinski definition) is 1. The molecule has 1 aliphatic heterocycles. The van der Waals surface area contributed by atoms with Gasteiger partial charge in [0.2, 0.25) is 5.88 Å². The van der Waals surface area contributed by atoms with Gasteiger partial charge in [0.15, 0.2) is 0 Å². The number of aromatic nitrogens is 3. The fourth-order valence-corrected chi connectivity index (χ4v) is 3.71. The molecule has 0 radical (unpaired) electrons. The van der Waals surface area contributed by atoms with Crippen LogP contribution in [0.25, 0.3) is 0 Å². The van der Waals surface area contributed by atoms with E-state index in [-0.39, 0.29) is 36.5 Å². The van der Waals surface area contributed by atoms with Crippen LogP contribution in [0.5, 0.6) is 5.88 Å². The highest BCUT2D eigenvalue weighted by atomic mass is 16.5. The molecule has 0 aliphatic carbocycles. The van der Waals surface area contributed by atoms with E-state index < -0.39 is 0 Å². The van der Waals surface area contributed by atoms with Crippen LogP contribution in [0.4, 0.5) is 0 Å². The molecule has 0 unspecified atom stereocenters.